The number of nitrogens with zero attached hydrogens (tertiary/aromatic N) is 5. The summed E-state index contributed by atoms with van der Waals surface area (Å²) in [5.74, 6) is 0.266. The van der Waals surface area contributed by atoms with Gasteiger partial charge in [-0.2, -0.15) is 5.10 Å². The minimum Gasteiger partial charge on any atom is -0.387 e. The third kappa shape index (κ3) is 4.39. The van der Waals surface area contributed by atoms with E-state index < -0.39 is 11.8 Å². The second-order valence-corrected chi connectivity index (χ2v) is 11.0. The van der Waals surface area contributed by atoms with Crippen LogP contribution in [0.3, 0.4) is 0 Å². The number of hydrogen-bond acceptors (Lipinski definition) is 7. The van der Waals surface area contributed by atoms with Crippen LogP contribution in [-0.2, 0) is 11.3 Å². The number of piperidine rings is 1. The molecule has 0 spiro atoms. The lowest BCUT2D eigenvalue weighted by molar-refractivity contribution is -0.0159. The number of rotatable bonds is 6. The summed E-state index contributed by atoms with van der Waals surface area (Å²) >= 11 is 0. The molecule has 200 valence electrons. The number of alkyl halides is 1. The van der Waals surface area contributed by atoms with E-state index in [4.69, 9.17) is 4.74 Å². The van der Waals surface area contributed by atoms with Gasteiger partial charge < -0.3 is 25.0 Å². The van der Waals surface area contributed by atoms with E-state index in [2.05, 4.69) is 20.3 Å². The van der Waals surface area contributed by atoms with E-state index in [0.717, 1.165) is 31.8 Å². The van der Waals surface area contributed by atoms with Crippen LogP contribution in [0.2, 0.25) is 0 Å². The van der Waals surface area contributed by atoms with Crippen molar-refractivity contribution in [2.75, 3.05) is 43.1 Å². The standard InChI is InChI=1S/C27H31FN6O4/c1-27(2,37)23(28)13-33-11-17-8-21(31-25(35)20-10-30-34-6-3-5-29-24(20)34)22(9-19(17)26(33)36)32-7-4-16-14-38-15-18(16)12-32/h3,5-6,8-10,16,18,23,37H,4,7,11-15H2,1-2H3,(H,31,35). The molecule has 3 atom stereocenters. The second kappa shape index (κ2) is 9.32. The summed E-state index contributed by atoms with van der Waals surface area (Å²) < 4.78 is 21.9. The van der Waals surface area contributed by atoms with Crippen molar-refractivity contribution in [1.82, 2.24) is 19.5 Å². The normalized spacial score (nSPS) is 22.1. The number of halogens is 1. The van der Waals surface area contributed by atoms with Gasteiger partial charge in [0.1, 0.15) is 11.7 Å². The Balaban J connectivity index is 1.33. The molecule has 0 bridgehead atoms. The number of aromatic nitrogens is 3. The van der Waals surface area contributed by atoms with E-state index in [9.17, 15) is 19.1 Å². The quantitative estimate of drug-likeness (QED) is 0.512. The first-order valence-corrected chi connectivity index (χ1v) is 12.9. The zero-order valence-corrected chi connectivity index (χ0v) is 21.4. The topological polar surface area (TPSA) is 112 Å². The van der Waals surface area contributed by atoms with E-state index in [1.54, 1.807) is 18.5 Å². The van der Waals surface area contributed by atoms with Crippen molar-refractivity contribution in [3.63, 3.8) is 0 Å². The highest BCUT2D eigenvalue weighted by Crippen LogP contribution is 2.39. The molecule has 5 heterocycles. The zero-order valence-electron chi connectivity index (χ0n) is 21.4. The van der Waals surface area contributed by atoms with Gasteiger partial charge in [-0.05, 0) is 49.9 Å². The molecular weight excluding hydrogens is 491 g/mol. The van der Waals surface area contributed by atoms with Crippen LogP contribution in [-0.4, -0.2) is 81.0 Å². The zero-order chi connectivity index (χ0) is 26.6. The molecule has 2 saturated heterocycles. The van der Waals surface area contributed by atoms with Gasteiger partial charge in [-0.25, -0.2) is 13.9 Å². The Bertz CT molecular complexity index is 1400. The minimum atomic E-state index is -1.59. The third-order valence-corrected chi connectivity index (χ3v) is 7.92. The summed E-state index contributed by atoms with van der Waals surface area (Å²) in [6.45, 7) is 5.76. The molecular formula is C27H31FN6O4. The van der Waals surface area contributed by atoms with Crippen LogP contribution >= 0.6 is 0 Å². The first-order valence-electron chi connectivity index (χ1n) is 12.9. The van der Waals surface area contributed by atoms with Crippen molar-refractivity contribution in [3.8, 4) is 0 Å². The summed E-state index contributed by atoms with van der Waals surface area (Å²) in [5.41, 5.74) is 1.74. The Morgan fingerprint density at radius 1 is 1.32 bits per heavy atom. The fourth-order valence-electron chi connectivity index (χ4n) is 5.59. The monoisotopic (exact) mass is 522 g/mol. The lowest BCUT2D eigenvalue weighted by atomic mass is 9.88. The highest BCUT2D eigenvalue weighted by Gasteiger charge is 2.38. The Labute approximate surface area is 219 Å². The average molecular weight is 523 g/mol. The molecule has 0 saturated carbocycles. The van der Waals surface area contributed by atoms with Crippen molar-refractivity contribution in [2.24, 2.45) is 11.8 Å². The predicted molar refractivity (Wildman–Crippen MR) is 138 cm³/mol. The van der Waals surface area contributed by atoms with Crippen LogP contribution in [0, 0.1) is 11.8 Å². The molecule has 6 rings (SSSR count). The Kier molecular flexibility index (Phi) is 6.07. The van der Waals surface area contributed by atoms with Crippen LogP contribution in [0.25, 0.3) is 5.65 Å². The largest absolute Gasteiger partial charge is 0.387 e. The number of hydrogen-bond donors (Lipinski definition) is 2. The molecule has 10 nitrogen and oxygen atoms in total. The number of carbonyl (C=O) groups excluding carboxylic acids is 2. The molecule has 2 amide bonds. The number of anilines is 2. The summed E-state index contributed by atoms with van der Waals surface area (Å²) in [4.78, 5) is 34.6. The third-order valence-electron chi connectivity index (χ3n) is 7.92. The highest BCUT2D eigenvalue weighted by molar-refractivity contribution is 6.10. The number of aliphatic hydroxyl groups is 1. The SMILES string of the molecule is CC(C)(O)C(F)CN1Cc2cc(NC(=O)c3cnn4cccnc34)c(N3CCC4COCC4C3)cc2C1=O. The Morgan fingerprint density at radius 3 is 2.95 bits per heavy atom. The molecule has 2 fully saturated rings. The lowest BCUT2D eigenvalue weighted by Crippen LogP contribution is -2.42. The van der Waals surface area contributed by atoms with Gasteiger partial charge in [-0.15, -0.1) is 0 Å². The van der Waals surface area contributed by atoms with Gasteiger partial charge >= 0.3 is 0 Å². The minimum absolute atomic E-state index is 0.199. The van der Waals surface area contributed by atoms with Gasteiger partial charge in [0.25, 0.3) is 11.8 Å². The molecule has 2 aromatic heterocycles. The van der Waals surface area contributed by atoms with Crippen LogP contribution in [0.5, 0.6) is 0 Å². The number of nitrogens with one attached hydrogen (secondary N) is 1. The number of carbonyl (C=O) groups is 2. The fourth-order valence-corrected chi connectivity index (χ4v) is 5.59. The second-order valence-electron chi connectivity index (χ2n) is 11.0. The maximum Gasteiger partial charge on any atom is 0.261 e. The molecule has 3 unspecified atom stereocenters. The molecule has 0 radical (unpaired) electrons. The Hall–Kier alpha value is -3.57. The summed E-state index contributed by atoms with van der Waals surface area (Å²) in [5, 5.41) is 17.3. The molecule has 0 aliphatic carbocycles. The van der Waals surface area contributed by atoms with Gasteiger partial charge in [-0.1, -0.05) is 0 Å². The van der Waals surface area contributed by atoms with Crippen molar-refractivity contribution < 1.29 is 23.8 Å². The summed E-state index contributed by atoms with van der Waals surface area (Å²) in [6.07, 6.45) is 4.18. The van der Waals surface area contributed by atoms with Crippen LogP contribution in [0.4, 0.5) is 15.8 Å². The maximum atomic E-state index is 14.7. The molecule has 38 heavy (non-hydrogen) atoms. The van der Waals surface area contributed by atoms with Gasteiger partial charge in [0.05, 0.1) is 36.3 Å². The van der Waals surface area contributed by atoms with Crippen molar-refractivity contribution in [1.29, 1.82) is 0 Å². The first kappa shape index (κ1) is 24.7. The average Bonchev–Trinajstić information content (AvgIpc) is 3.60. The smallest absolute Gasteiger partial charge is 0.261 e. The molecule has 3 aliphatic rings. The van der Waals surface area contributed by atoms with E-state index in [-0.39, 0.29) is 24.9 Å². The number of benzene rings is 1. The van der Waals surface area contributed by atoms with Crippen LogP contribution in [0.15, 0.2) is 36.8 Å². The fraction of sp³-hybridized carbons (Fsp3) is 0.481. The predicted octanol–water partition coefficient (Wildman–Crippen LogP) is 2.52. The van der Waals surface area contributed by atoms with E-state index in [1.165, 1.54) is 29.5 Å². The molecule has 3 aliphatic heterocycles. The Morgan fingerprint density at radius 2 is 2.13 bits per heavy atom. The summed E-state index contributed by atoms with van der Waals surface area (Å²) in [7, 11) is 0. The van der Waals surface area contributed by atoms with E-state index in [1.807, 2.05) is 12.1 Å². The first-order chi connectivity index (χ1) is 18.2. The van der Waals surface area contributed by atoms with E-state index in [0.29, 0.717) is 46.5 Å². The number of ether oxygens (including phenoxy) is 1. The van der Waals surface area contributed by atoms with Gasteiger partial charge in [0.2, 0.25) is 0 Å². The van der Waals surface area contributed by atoms with Gasteiger partial charge in [0.15, 0.2) is 5.65 Å². The van der Waals surface area contributed by atoms with Crippen LogP contribution < -0.4 is 10.2 Å². The van der Waals surface area contributed by atoms with Crippen molar-refractivity contribution in [2.45, 2.75) is 38.6 Å². The molecule has 3 aromatic rings. The number of fused-ring (bicyclic) bond motifs is 3. The van der Waals surface area contributed by atoms with Crippen molar-refractivity contribution >= 4 is 28.8 Å². The number of amides is 2. The summed E-state index contributed by atoms with van der Waals surface area (Å²) in [6, 6.07) is 5.36. The molecule has 1 aromatic carbocycles. The maximum absolute atomic E-state index is 14.7. The van der Waals surface area contributed by atoms with Gasteiger partial charge in [0, 0.05) is 50.1 Å². The van der Waals surface area contributed by atoms with Gasteiger partial charge in [-0.3, -0.25) is 9.59 Å². The molecule has 2 N–H and O–H groups in total. The van der Waals surface area contributed by atoms with Crippen molar-refractivity contribution in [3.05, 3.63) is 53.5 Å². The highest BCUT2D eigenvalue weighted by atomic mass is 19.1. The van der Waals surface area contributed by atoms with Crippen LogP contribution in [0.1, 0.15) is 46.5 Å². The molecule has 11 heteroatoms. The van der Waals surface area contributed by atoms with E-state index >= 15 is 0 Å². The lowest BCUT2D eigenvalue weighted by Gasteiger charge is -2.36.